The minimum Gasteiger partial charge on any atom is -0.481 e. The Balaban J connectivity index is 5.55. The second kappa shape index (κ2) is 7.53. The molecule has 0 radical (unpaired) electrons. The Morgan fingerprint density at radius 1 is 1.29 bits per heavy atom. The maximum absolute atomic E-state index is 12.3. The van der Waals surface area contributed by atoms with E-state index in [9.17, 15) is 18.9 Å². The molecule has 0 aliphatic carbocycles. The molecule has 1 unspecified atom stereocenters. The van der Waals surface area contributed by atoms with E-state index in [1.807, 2.05) is 0 Å². The van der Waals surface area contributed by atoms with Crippen LogP contribution in [0.1, 0.15) is 27.2 Å². The smallest absolute Gasteiger partial charge is 0.417 e. The Morgan fingerprint density at radius 2 is 1.76 bits per heavy atom. The number of carboxylic acid groups (broad SMARTS) is 1. The molecule has 1 atom stereocenters. The largest absolute Gasteiger partial charge is 0.481 e. The SMILES string of the molecule is COP(=O)(OC)C(CC(=O)O)N(C=O)C(=O)OC(C)(C)C. The third-order valence-electron chi connectivity index (χ3n) is 2.27. The van der Waals surface area contributed by atoms with Gasteiger partial charge in [-0.25, -0.2) is 9.69 Å². The van der Waals surface area contributed by atoms with Gasteiger partial charge in [0.05, 0.1) is 6.42 Å². The van der Waals surface area contributed by atoms with Crippen LogP contribution in [0.4, 0.5) is 4.79 Å². The van der Waals surface area contributed by atoms with Crippen LogP contribution < -0.4 is 0 Å². The molecule has 0 fully saturated rings. The molecule has 0 aliphatic heterocycles. The summed E-state index contributed by atoms with van der Waals surface area (Å²) < 4.78 is 26.7. The van der Waals surface area contributed by atoms with Crippen LogP contribution in [0.15, 0.2) is 0 Å². The van der Waals surface area contributed by atoms with Crippen molar-refractivity contribution in [3.63, 3.8) is 0 Å². The fourth-order valence-corrected chi connectivity index (χ4v) is 2.86. The topological polar surface area (TPSA) is 119 Å². The molecular formula is C11H20NO8P. The third-order valence-corrected chi connectivity index (χ3v) is 4.45. The van der Waals surface area contributed by atoms with E-state index in [0.717, 1.165) is 14.2 Å². The van der Waals surface area contributed by atoms with Gasteiger partial charge in [-0.05, 0) is 20.8 Å². The van der Waals surface area contributed by atoms with Crippen molar-refractivity contribution in [3.8, 4) is 0 Å². The molecule has 0 heterocycles. The lowest BCUT2D eigenvalue weighted by molar-refractivity contribution is -0.138. The number of aliphatic carboxylic acids is 1. The molecule has 1 N–H and O–H groups in total. The minimum absolute atomic E-state index is 0.0341. The Bertz CT molecular complexity index is 436. The average molecular weight is 325 g/mol. The van der Waals surface area contributed by atoms with Crippen molar-refractivity contribution < 1.29 is 37.8 Å². The zero-order chi connectivity index (χ0) is 16.8. The second-order valence-electron chi connectivity index (χ2n) is 4.98. The highest BCUT2D eigenvalue weighted by Gasteiger charge is 2.44. The number of rotatable bonds is 7. The molecule has 0 aliphatic rings. The van der Waals surface area contributed by atoms with Crippen molar-refractivity contribution in [2.24, 2.45) is 0 Å². The van der Waals surface area contributed by atoms with Crippen molar-refractivity contribution in [3.05, 3.63) is 0 Å². The summed E-state index contributed by atoms with van der Waals surface area (Å²) in [5, 5.41) is 8.87. The van der Waals surface area contributed by atoms with E-state index < -0.39 is 37.5 Å². The summed E-state index contributed by atoms with van der Waals surface area (Å²) >= 11 is 0. The number of carbonyl (C=O) groups excluding carboxylic acids is 2. The number of hydrogen-bond donors (Lipinski definition) is 1. The first-order valence-electron chi connectivity index (χ1n) is 5.90. The van der Waals surface area contributed by atoms with Crippen LogP contribution in [-0.4, -0.2) is 54.1 Å². The summed E-state index contributed by atoms with van der Waals surface area (Å²) in [6.07, 6.45) is -1.92. The van der Waals surface area contributed by atoms with Gasteiger partial charge in [0.2, 0.25) is 6.41 Å². The molecule has 0 bridgehead atoms. The van der Waals surface area contributed by atoms with Gasteiger partial charge < -0.3 is 18.9 Å². The first kappa shape index (κ1) is 19.6. The zero-order valence-electron chi connectivity index (χ0n) is 12.6. The maximum Gasteiger partial charge on any atom is 0.417 e. The molecule has 0 aromatic carbocycles. The van der Waals surface area contributed by atoms with Crippen molar-refractivity contribution in [2.45, 2.75) is 38.6 Å². The molecule has 0 saturated carbocycles. The number of ether oxygens (including phenoxy) is 1. The van der Waals surface area contributed by atoms with Gasteiger partial charge in [0.25, 0.3) is 0 Å². The lowest BCUT2D eigenvalue weighted by atomic mass is 10.2. The van der Waals surface area contributed by atoms with Gasteiger partial charge in [0.15, 0.2) is 5.78 Å². The summed E-state index contributed by atoms with van der Waals surface area (Å²) in [4.78, 5) is 34.3. The number of carboxylic acids is 1. The second-order valence-corrected chi connectivity index (χ2v) is 7.38. The molecule has 0 spiro atoms. The molecule has 10 heteroatoms. The van der Waals surface area contributed by atoms with Gasteiger partial charge in [-0.2, -0.15) is 0 Å². The van der Waals surface area contributed by atoms with Gasteiger partial charge in [-0.3, -0.25) is 14.2 Å². The van der Waals surface area contributed by atoms with E-state index in [-0.39, 0.29) is 6.41 Å². The van der Waals surface area contributed by atoms with Crippen LogP contribution in [0.2, 0.25) is 0 Å². The summed E-state index contributed by atoms with van der Waals surface area (Å²) in [6.45, 7) is 4.69. The molecule has 122 valence electrons. The van der Waals surface area contributed by atoms with Crippen molar-refractivity contribution in [2.75, 3.05) is 14.2 Å². The van der Waals surface area contributed by atoms with Crippen LogP contribution in [0.5, 0.6) is 0 Å². The van der Waals surface area contributed by atoms with Gasteiger partial charge in [-0.1, -0.05) is 0 Å². The van der Waals surface area contributed by atoms with E-state index >= 15 is 0 Å². The molecule has 0 aromatic heterocycles. The molecule has 21 heavy (non-hydrogen) atoms. The average Bonchev–Trinajstić information content (AvgIpc) is 2.35. The Morgan fingerprint density at radius 3 is 2.05 bits per heavy atom. The summed E-state index contributed by atoms with van der Waals surface area (Å²) in [7, 11) is -1.97. The lowest BCUT2D eigenvalue weighted by Crippen LogP contribution is -2.43. The predicted molar refractivity (Wildman–Crippen MR) is 71.8 cm³/mol. The van der Waals surface area contributed by atoms with Crippen LogP contribution in [0.3, 0.4) is 0 Å². The van der Waals surface area contributed by atoms with Crippen molar-refractivity contribution in [1.82, 2.24) is 4.90 Å². The lowest BCUT2D eigenvalue weighted by Gasteiger charge is -2.31. The third kappa shape index (κ3) is 5.82. The zero-order valence-corrected chi connectivity index (χ0v) is 13.5. The number of nitrogens with zero attached hydrogens (tertiary/aromatic N) is 1. The number of carbonyl (C=O) groups is 3. The molecular weight excluding hydrogens is 305 g/mol. The van der Waals surface area contributed by atoms with Crippen LogP contribution in [0.25, 0.3) is 0 Å². The number of amides is 2. The van der Waals surface area contributed by atoms with Crippen molar-refractivity contribution in [1.29, 1.82) is 0 Å². The van der Waals surface area contributed by atoms with E-state index in [4.69, 9.17) is 9.84 Å². The van der Waals surface area contributed by atoms with Gasteiger partial charge in [0, 0.05) is 14.2 Å². The number of hydrogen-bond acceptors (Lipinski definition) is 7. The van der Waals surface area contributed by atoms with E-state index in [1.165, 1.54) is 0 Å². The number of imide groups is 1. The Kier molecular flexibility index (Phi) is 7.02. The fourth-order valence-electron chi connectivity index (χ4n) is 1.39. The summed E-state index contributed by atoms with van der Waals surface area (Å²) in [6, 6.07) is 0. The molecule has 2 amide bonds. The first-order valence-corrected chi connectivity index (χ1v) is 7.51. The predicted octanol–water partition coefficient (Wildman–Crippen LogP) is 1.67. The van der Waals surface area contributed by atoms with E-state index in [0.29, 0.717) is 4.90 Å². The maximum atomic E-state index is 12.3. The van der Waals surface area contributed by atoms with Crippen LogP contribution in [-0.2, 0) is 27.9 Å². The Hall–Kier alpha value is -1.44. The highest BCUT2D eigenvalue weighted by atomic mass is 31.2. The minimum atomic E-state index is -4.02. The molecule has 9 nitrogen and oxygen atoms in total. The molecule has 0 aromatic rings. The van der Waals surface area contributed by atoms with Gasteiger partial charge >= 0.3 is 19.7 Å². The monoisotopic (exact) mass is 325 g/mol. The highest BCUT2D eigenvalue weighted by Crippen LogP contribution is 2.54. The quantitative estimate of drug-likeness (QED) is 0.554. The highest BCUT2D eigenvalue weighted by molar-refractivity contribution is 7.54. The normalized spacial score (nSPS) is 13.4. The van der Waals surface area contributed by atoms with E-state index in [1.54, 1.807) is 20.8 Å². The summed E-state index contributed by atoms with van der Waals surface area (Å²) in [5.41, 5.74) is -0.920. The fraction of sp³-hybridized carbons (Fsp3) is 0.727. The molecule has 0 saturated heterocycles. The molecule has 0 rings (SSSR count). The van der Waals surface area contributed by atoms with Crippen LogP contribution in [0, 0.1) is 0 Å². The van der Waals surface area contributed by atoms with Gasteiger partial charge in [-0.15, -0.1) is 0 Å². The van der Waals surface area contributed by atoms with Crippen LogP contribution >= 0.6 is 7.60 Å². The first-order chi connectivity index (χ1) is 9.50. The standard InChI is InChI=1S/C11H20NO8P/c1-11(2,3)20-10(16)12(7-13)8(6-9(14)15)21(17,18-4)19-5/h7-8H,6H2,1-5H3,(H,14,15). The Labute approximate surface area is 122 Å². The summed E-state index contributed by atoms with van der Waals surface area (Å²) in [5.74, 6) is -3.01. The van der Waals surface area contributed by atoms with E-state index in [2.05, 4.69) is 9.05 Å². The van der Waals surface area contributed by atoms with Crippen molar-refractivity contribution >= 4 is 26.1 Å². The van der Waals surface area contributed by atoms with Gasteiger partial charge in [0.1, 0.15) is 5.60 Å².